The average molecular weight is 385 g/mol. The molecule has 2 aromatic carbocycles. The van der Waals surface area contributed by atoms with Gasteiger partial charge in [-0.05, 0) is 84.9 Å². The van der Waals surface area contributed by atoms with E-state index in [0.29, 0.717) is 5.39 Å². The summed E-state index contributed by atoms with van der Waals surface area (Å²) in [5.41, 5.74) is 0.766. The molecule has 0 N–H and O–H groups in total. The highest BCUT2D eigenvalue weighted by Gasteiger charge is 2.36. The Morgan fingerprint density at radius 3 is 2.64 bits per heavy atom. The van der Waals surface area contributed by atoms with E-state index >= 15 is 0 Å². The highest BCUT2D eigenvalue weighted by atomic mass is 19.1. The molecule has 0 bridgehead atoms. The number of halogens is 2. The van der Waals surface area contributed by atoms with Gasteiger partial charge < -0.3 is 4.74 Å². The van der Waals surface area contributed by atoms with E-state index in [2.05, 4.69) is 13.5 Å². The Balaban J connectivity index is 1.58. The Labute approximate surface area is 166 Å². The number of rotatable bonds is 5. The van der Waals surface area contributed by atoms with E-state index in [0.717, 1.165) is 41.5 Å². The first-order chi connectivity index (χ1) is 13.6. The predicted molar refractivity (Wildman–Crippen MR) is 111 cm³/mol. The first-order valence-electron chi connectivity index (χ1n) is 10.8. The molecule has 4 atom stereocenters. The van der Waals surface area contributed by atoms with E-state index < -0.39 is 5.82 Å². The second kappa shape index (κ2) is 8.23. The van der Waals surface area contributed by atoms with Gasteiger partial charge in [-0.3, -0.25) is 0 Å². The van der Waals surface area contributed by atoms with Gasteiger partial charge in [0.1, 0.15) is 12.4 Å². The minimum atomic E-state index is -0.494. The molecule has 0 aromatic heterocycles. The topological polar surface area (TPSA) is 9.23 Å². The van der Waals surface area contributed by atoms with E-state index in [9.17, 15) is 8.78 Å². The number of ether oxygens (including phenoxy) is 1. The van der Waals surface area contributed by atoms with Gasteiger partial charge in [0, 0.05) is 5.39 Å². The number of hydrogen-bond acceptors (Lipinski definition) is 1. The van der Waals surface area contributed by atoms with Crippen LogP contribution in [0.3, 0.4) is 0 Å². The molecule has 28 heavy (non-hydrogen) atoms. The van der Waals surface area contributed by atoms with Crippen LogP contribution in [0, 0.1) is 29.4 Å². The first kappa shape index (κ1) is 19.4. The van der Waals surface area contributed by atoms with Crippen LogP contribution in [0.4, 0.5) is 8.78 Å². The minimum absolute atomic E-state index is 0.146. The fourth-order valence-corrected chi connectivity index (χ4v) is 5.52. The van der Waals surface area contributed by atoms with Crippen molar-refractivity contribution in [3.8, 4) is 5.75 Å². The summed E-state index contributed by atoms with van der Waals surface area (Å²) < 4.78 is 35.0. The second-order valence-corrected chi connectivity index (χ2v) is 8.69. The third-order valence-corrected chi connectivity index (χ3v) is 7.13. The molecule has 1 nitrogen and oxygen atoms in total. The van der Waals surface area contributed by atoms with E-state index in [4.69, 9.17) is 4.74 Å². The van der Waals surface area contributed by atoms with Crippen LogP contribution in [0.25, 0.3) is 10.8 Å². The predicted octanol–water partition coefficient (Wildman–Crippen LogP) is 7.39. The quantitative estimate of drug-likeness (QED) is 0.488. The average Bonchev–Trinajstić information content (AvgIpc) is 2.72. The van der Waals surface area contributed by atoms with Crippen LogP contribution >= 0.6 is 0 Å². The van der Waals surface area contributed by atoms with Crippen molar-refractivity contribution in [2.45, 2.75) is 57.8 Å². The Kier molecular flexibility index (Phi) is 5.70. The number of hydrogen-bond donors (Lipinski definition) is 0. The Morgan fingerprint density at radius 1 is 1.07 bits per heavy atom. The zero-order chi connectivity index (χ0) is 19.7. The van der Waals surface area contributed by atoms with Gasteiger partial charge in [-0.1, -0.05) is 38.5 Å². The molecule has 4 unspecified atom stereocenters. The van der Waals surface area contributed by atoms with Crippen LogP contribution in [-0.2, 0) is 0 Å². The molecule has 2 aliphatic rings. The fraction of sp³-hybridized carbons (Fsp3) is 0.520. The molecule has 150 valence electrons. The summed E-state index contributed by atoms with van der Waals surface area (Å²) in [5, 5.41) is 1.04. The Hall–Kier alpha value is -1.90. The lowest BCUT2D eigenvalue weighted by atomic mass is 9.63. The third-order valence-electron chi connectivity index (χ3n) is 7.13. The molecule has 2 saturated carbocycles. The molecule has 0 radical (unpaired) electrons. The molecule has 0 aliphatic heterocycles. The van der Waals surface area contributed by atoms with E-state index in [1.807, 2.05) is 12.1 Å². The molecule has 2 aromatic rings. The standard InChI is InChI=1S/C25H30F2O/c1-3-11-28-24-10-9-20-14-21(23(26)15-22(20)25(24)27)19-8-7-17-12-16(4-2)5-6-18(17)13-19/h3,9-10,14-19H,1,4-8,11-13H2,2H3. The van der Waals surface area contributed by atoms with Crippen LogP contribution in [0.5, 0.6) is 5.75 Å². The van der Waals surface area contributed by atoms with Gasteiger partial charge in [0.25, 0.3) is 0 Å². The van der Waals surface area contributed by atoms with E-state index in [1.165, 1.54) is 38.2 Å². The Morgan fingerprint density at radius 2 is 1.86 bits per heavy atom. The van der Waals surface area contributed by atoms with Gasteiger partial charge in [0.2, 0.25) is 0 Å². The summed E-state index contributed by atoms with van der Waals surface area (Å²) in [4.78, 5) is 0. The molecular formula is C25H30F2O. The van der Waals surface area contributed by atoms with Gasteiger partial charge in [-0.15, -0.1) is 0 Å². The molecule has 0 heterocycles. The summed E-state index contributed by atoms with van der Waals surface area (Å²) in [7, 11) is 0. The van der Waals surface area contributed by atoms with Crippen molar-refractivity contribution >= 4 is 10.8 Å². The van der Waals surface area contributed by atoms with Crippen LogP contribution in [0.15, 0.2) is 36.9 Å². The van der Waals surface area contributed by atoms with Crippen LogP contribution in [0.2, 0.25) is 0 Å². The summed E-state index contributed by atoms with van der Waals surface area (Å²) in [6, 6.07) is 6.69. The van der Waals surface area contributed by atoms with Gasteiger partial charge >= 0.3 is 0 Å². The zero-order valence-electron chi connectivity index (χ0n) is 16.7. The summed E-state index contributed by atoms with van der Waals surface area (Å²) in [5.74, 6) is 2.06. The second-order valence-electron chi connectivity index (χ2n) is 8.69. The highest BCUT2D eigenvalue weighted by molar-refractivity contribution is 5.85. The van der Waals surface area contributed by atoms with Gasteiger partial charge in [0.05, 0.1) is 0 Å². The molecule has 0 amide bonds. The van der Waals surface area contributed by atoms with Gasteiger partial charge in [-0.2, -0.15) is 0 Å². The van der Waals surface area contributed by atoms with Gasteiger partial charge in [-0.25, -0.2) is 8.78 Å². The molecule has 2 fully saturated rings. The minimum Gasteiger partial charge on any atom is -0.486 e. The lowest BCUT2D eigenvalue weighted by molar-refractivity contribution is 0.115. The van der Waals surface area contributed by atoms with Gasteiger partial charge in [0.15, 0.2) is 11.6 Å². The van der Waals surface area contributed by atoms with Crippen molar-refractivity contribution in [1.82, 2.24) is 0 Å². The summed E-state index contributed by atoms with van der Waals surface area (Å²) in [6.45, 7) is 6.10. The molecule has 3 heteroatoms. The number of fused-ring (bicyclic) bond motifs is 2. The van der Waals surface area contributed by atoms with E-state index in [-0.39, 0.29) is 24.1 Å². The molecular weight excluding hydrogens is 354 g/mol. The normalized spacial score (nSPS) is 27.4. The molecule has 0 spiro atoms. The largest absolute Gasteiger partial charge is 0.486 e. The monoisotopic (exact) mass is 384 g/mol. The zero-order valence-corrected chi connectivity index (χ0v) is 16.7. The maximum Gasteiger partial charge on any atom is 0.172 e. The maximum absolute atomic E-state index is 15.0. The molecule has 0 saturated heterocycles. The third kappa shape index (κ3) is 3.68. The van der Waals surface area contributed by atoms with Crippen LogP contribution in [-0.4, -0.2) is 6.61 Å². The lowest BCUT2D eigenvalue weighted by Gasteiger charge is -2.42. The van der Waals surface area contributed by atoms with Crippen molar-refractivity contribution in [3.05, 3.63) is 54.1 Å². The van der Waals surface area contributed by atoms with Crippen LogP contribution < -0.4 is 4.74 Å². The van der Waals surface area contributed by atoms with E-state index in [1.54, 1.807) is 12.1 Å². The maximum atomic E-state index is 15.0. The Bertz CT molecular complexity index is 859. The summed E-state index contributed by atoms with van der Waals surface area (Å²) in [6.07, 6.45) is 10.1. The van der Waals surface area contributed by atoms with Crippen LogP contribution in [0.1, 0.15) is 63.4 Å². The fourth-order valence-electron chi connectivity index (χ4n) is 5.52. The number of benzene rings is 2. The lowest BCUT2D eigenvalue weighted by Crippen LogP contribution is -2.30. The smallest absolute Gasteiger partial charge is 0.172 e. The van der Waals surface area contributed by atoms with Crippen molar-refractivity contribution in [2.75, 3.05) is 6.61 Å². The first-order valence-corrected chi connectivity index (χ1v) is 10.8. The van der Waals surface area contributed by atoms with Crippen molar-refractivity contribution in [1.29, 1.82) is 0 Å². The highest BCUT2D eigenvalue weighted by Crippen LogP contribution is 2.48. The van der Waals surface area contributed by atoms with Crippen molar-refractivity contribution in [2.24, 2.45) is 17.8 Å². The molecule has 4 rings (SSSR count). The summed E-state index contributed by atoms with van der Waals surface area (Å²) >= 11 is 0. The van der Waals surface area contributed by atoms with Crippen molar-refractivity contribution < 1.29 is 13.5 Å². The molecule has 2 aliphatic carbocycles. The SMILES string of the molecule is C=CCOc1ccc2cc(C3CCC4CC(CC)CCC4C3)c(F)cc2c1F. The van der Waals surface area contributed by atoms with Crippen molar-refractivity contribution in [3.63, 3.8) is 0 Å².